The van der Waals surface area contributed by atoms with Gasteiger partial charge in [0, 0.05) is 18.8 Å². The van der Waals surface area contributed by atoms with E-state index in [-0.39, 0.29) is 11.9 Å². The fourth-order valence-electron chi connectivity index (χ4n) is 2.20. The minimum absolute atomic E-state index is 0.109. The van der Waals surface area contributed by atoms with E-state index in [2.05, 4.69) is 15.6 Å². The Bertz CT molecular complexity index is 625. The quantitative estimate of drug-likeness (QED) is 0.894. The summed E-state index contributed by atoms with van der Waals surface area (Å²) in [4.78, 5) is 16.3. The predicted molar refractivity (Wildman–Crippen MR) is 75.9 cm³/mol. The van der Waals surface area contributed by atoms with Crippen molar-refractivity contribution in [1.29, 1.82) is 0 Å². The van der Waals surface area contributed by atoms with Crippen LogP contribution in [0.5, 0.6) is 5.75 Å². The highest BCUT2D eigenvalue weighted by molar-refractivity contribution is 5.94. The third-order valence-corrected chi connectivity index (χ3v) is 3.29. The first-order valence-corrected chi connectivity index (χ1v) is 6.44. The van der Waals surface area contributed by atoms with Crippen LogP contribution in [0, 0.1) is 0 Å². The van der Waals surface area contributed by atoms with E-state index >= 15 is 0 Å². The molecule has 1 aromatic carbocycles. The second-order valence-corrected chi connectivity index (χ2v) is 4.56. The van der Waals surface area contributed by atoms with E-state index in [9.17, 15) is 4.79 Å². The number of amides is 1. The van der Waals surface area contributed by atoms with Gasteiger partial charge < -0.3 is 15.4 Å². The monoisotopic (exact) mass is 269 g/mol. The summed E-state index contributed by atoms with van der Waals surface area (Å²) >= 11 is 0. The van der Waals surface area contributed by atoms with Crippen LogP contribution in [-0.2, 0) is 0 Å². The Balaban J connectivity index is 1.73. The first-order chi connectivity index (χ1) is 9.78. The second kappa shape index (κ2) is 5.21. The molecule has 20 heavy (non-hydrogen) atoms. The number of anilines is 1. The SMILES string of the molecule is CNc1ccc(C(=O)NC2COc3ccccc32)cn1. The van der Waals surface area contributed by atoms with E-state index in [4.69, 9.17) is 4.74 Å². The molecule has 1 amide bonds. The molecule has 3 rings (SSSR count). The molecule has 2 N–H and O–H groups in total. The van der Waals surface area contributed by atoms with Crippen molar-refractivity contribution in [3.8, 4) is 5.75 Å². The molecule has 1 aromatic heterocycles. The van der Waals surface area contributed by atoms with Crippen LogP contribution in [0.25, 0.3) is 0 Å². The van der Waals surface area contributed by atoms with Gasteiger partial charge in [0.2, 0.25) is 0 Å². The highest BCUT2D eigenvalue weighted by atomic mass is 16.5. The van der Waals surface area contributed by atoms with Crippen LogP contribution in [0.3, 0.4) is 0 Å². The van der Waals surface area contributed by atoms with Crippen molar-refractivity contribution < 1.29 is 9.53 Å². The molecule has 1 unspecified atom stereocenters. The number of fused-ring (bicyclic) bond motifs is 1. The largest absolute Gasteiger partial charge is 0.491 e. The number of carbonyl (C=O) groups is 1. The zero-order valence-electron chi connectivity index (χ0n) is 11.1. The molecule has 2 heterocycles. The summed E-state index contributed by atoms with van der Waals surface area (Å²) in [5.74, 6) is 1.42. The summed E-state index contributed by atoms with van der Waals surface area (Å²) in [5, 5.41) is 5.88. The average molecular weight is 269 g/mol. The molecule has 0 saturated heterocycles. The third-order valence-electron chi connectivity index (χ3n) is 3.29. The topological polar surface area (TPSA) is 63.2 Å². The number of nitrogens with zero attached hydrogens (tertiary/aromatic N) is 1. The molecule has 0 radical (unpaired) electrons. The number of pyridine rings is 1. The summed E-state index contributed by atoms with van der Waals surface area (Å²) in [7, 11) is 1.79. The lowest BCUT2D eigenvalue weighted by atomic mass is 10.1. The van der Waals surface area contributed by atoms with E-state index in [1.165, 1.54) is 0 Å². The fraction of sp³-hybridized carbons (Fsp3) is 0.200. The van der Waals surface area contributed by atoms with Gasteiger partial charge in [-0.3, -0.25) is 4.79 Å². The maximum absolute atomic E-state index is 12.2. The van der Waals surface area contributed by atoms with Crippen LogP contribution in [0.4, 0.5) is 5.82 Å². The minimum atomic E-state index is -0.148. The predicted octanol–water partition coefficient (Wildman–Crippen LogP) is 1.99. The molecule has 0 aliphatic carbocycles. The smallest absolute Gasteiger partial charge is 0.253 e. The van der Waals surface area contributed by atoms with Crippen LogP contribution >= 0.6 is 0 Å². The Labute approximate surface area is 117 Å². The lowest BCUT2D eigenvalue weighted by Crippen LogP contribution is -2.29. The molecule has 1 aliphatic rings. The molecule has 1 atom stereocenters. The third kappa shape index (κ3) is 2.30. The molecule has 102 valence electrons. The summed E-state index contributed by atoms with van der Waals surface area (Å²) in [6.07, 6.45) is 1.56. The van der Waals surface area contributed by atoms with Crippen LogP contribution in [0.2, 0.25) is 0 Å². The van der Waals surface area contributed by atoms with Crippen LogP contribution in [-0.4, -0.2) is 24.5 Å². The lowest BCUT2D eigenvalue weighted by molar-refractivity contribution is 0.0930. The maximum atomic E-state index is 12.2. The minimum Gasteiger partial charge on any atom is -0.491 e. The molecular formula is C15H15N3O2. The van der Waals surface area contributed by atoms with Crippen LogP contribution < -0.4 is 15.4 Å². The van der Waals surface area contributed by atoms with Crippen molar-refractivity contribution in [2.75, 3.05) is 19.0 Å². The molecular weight excluding hydrogens is 254 g/mol. The van der Waals surface area contributed by atoms with Gasteiger partial charge in [-0.15, -0.1) is 0 Å². The number of ether oxygens (including phenoxy) is 1. The van der Waals surface area contributed by atoms with Gasteiger partial charge in [0.25, 0.3) is 5.91 Å². The van der Waals surface area contributed by atoms with E-state index in [0.717, 1.165) is 17.1 Å². The number of nitrogens with one attached hydrogen (secondary N) is 2. The number of hydrogen-bond donors (Lipinski definition) is 2. The second-order valence-electron chi connectivity index (χ2n) is 4.56. The van der Waals surface area contributed by atoms with E-state index < -0.39 is 0 Å². The van der Waals surface area contributed by atoms with Crippen molar-refractivity contribution in [3.63, 3.8) is 0 Å². The summed E-state index contributed by atoms with van der Waals surface area (Å²) < 4.78 is 5.54. The Morgan fingerprint density at radius 1 is 1.30 bits per heavy atom. The average Bonchev–Trinajstić information content (AvgIpc) is 2.91. The Morgan fingerprint density at radius 3 is 2.90 bits per heavy atom. The number of benzene rings is 1. The van der Waals surface area contributed by atoms with Gasteiger partial charge in [0.05, 0.1) is 11.6 Å². The molecule has 5 heteroatoms. The van der Waals surface area contributed by atoms with E-state index in [0.29, 0.717) is 12.2 Å². The highest BCUT2D eigenvalue weighted by Gasteiger charge is 2.25. The Hall–Kier alpha value is -2.56. The molecule has 2 aromatic rings. The normalized spacial score (nSPS) is 16.1. The lowest BCUT2D eigenvalue weighted by Gasteiger charge is -2.11. The zero-order valence-corrected chi connectivity index (χ0v) is 11.1. The van der Waals surface area contributed by atoms with Gasteiger partial charge >= 0.3 is 0 Å². The molecule has 0 bridgehead atoms. The standard InChI is InChI=1S/C15H15N3O2/c1-16-14-7-6-10(8-17-14)15(19)18-12-9-20-13-5-3-2-4-11(12)13/h2-8,12H,9H2,1H3,(H,16,17)(H,18,19). The maximum Gasteiger partial charge on any atom is 0.253 e. The number of para-hydroxylation sites is 1. The van der Waals surface area contributed by atoms with E-state index in [1.54, 1.807) is 25.4 Å². The van der Waals surface area contributed by atoms with Crippen molar-refractivity contribution >= 4 is 11.7 Å². The fourth-order valence-corrected chi connectivity index (χ4v) is 2.20. The Morgan fingerprint density at radius 2 is 2.15 bits per heavy atom. The molecule has 1 aliphatic heterocycles. The summed E-state index contributed by atoms with van der Waals surface area (Å²) in [6.45, 7) is 0.465. The van der Waals surface area contributed by atoms with Crippen molar-refractivity contribution in [2.45, 2.75) is 6.04 Å². The molecule has 0 saturated carbocycles. The van der Waals surface area contributed by atoms with Gasteiger partial charge in [-0.1, -0.05) is 18.2 Å². The molecule has 5 nitrogen and oxygen atoms in total. The van der Waals surface area contributed by atoms with Gasteiger partial charge in [0.15, 0.2) is 0 Å². The molecule has 0 fully saturated rings. The van der Waals surface area contributed by atoms with E-state index in [1.807, 2.05) is 24.3 Å². The number of hydrogen-bond acceptors (Lipinski definition) is 4. The van der Waals surface area contributed by atoms with Crippen molar-refractivity contribution in [2.24, 2.45) is 0 Å². The zero-order chi connectivity index (χ0) is 13.9. The van der Waals surface area contributed by atoms with Gasteiger partial charge in [-0.05, 0) is 18.2 Å². The first-order valence-electron chi connectivity index (χ1n) is 6.44. The highest BCUT2D eigenvalue weighted by Crippen LogP contribution is 2.31. The van der Waals surface area contributed by atoms with Gasteiger partial charge in [0.1, 0.15) is 18.2 Å². The first kappa shape index (κ1) is 12.5. The van der Waals surface area contributed by atoms with Gasteiger partial charge in [-0.25, -0.2) is 4.98 Å². The number of rotatable bonds is 3. The number of carbonyl (C=O) groups excluding carboxylic acids is 1. The molecule has 0 spiro atoms. The van der Waals surface area contributed by atoms with Crippen LogP contribution in [0.1, 0.15) is 22.0 Å². The van der Waals surface area contributed by atoms with Crippen LogP contribution in [0.15, 0.2) is 42.6 Å². The number of aromatic nitrogens is 1. The van der Waals surface area contributed by atoms with Crippen molar-refractivity contribution in [3.05, 3.63) is 53.7 Å². The summed E-state index contributed by atoms with van der Waals surface area (Å²) in [6, 6.07) is 11.1. The van der Waals surface area contributed by atoms with Crippen molar-refractivity contribution in [1.82, 2.24) is 10.3 Å². The summed E-state index contributed by atoms with van der Waals surface area (Å²) in [5.41, 5.74) is 1.55. The Kier molecular flexibility index (Phi) is 3.25. The van der Waals surface area contributed by atoms with Gasteiger partial charge in [-0.2, -0.15) is 0 Å².